The van der Waals surface area contributed by atoms with Crippen molar-refractivity contribution in [2.75, 3.05) is 0 Å². The van der Waals surface area contributed by atoms with Gasteiger partial charge in [0.25, 0.3) is 0 Å². The monoisotopic (exact) mass is 536 g/mol. The van der Waals surface area contributed by atoms with Crippen LogP contribution in [0.25, 0.3) is 0 Å². The van der Waals surface area contributed by atoms with E-state index in [0.29, 0.717) is 12.8 Å². The van der Waals surface area contributed by atoms with Gasteiger partial charge in [0.05, 0.1) is 0 Å². The zero-order valence-corrected chi connectivity index (χ0v) is 23.2. The highest BCUT2D eigenvalue weighted by Crippen LogP contribution is 2.32. The minimum Gasteiger partial charge on any atom is -0.481 e. The molecule has 4 aromatic carbocycles. The van der Waals surface area contributed by atoms with E-state index in [1.165, 1.54) is 10.4 Å². The van der Waals surface area contributed by atoms with Gasteiger partial charge in [0.2, 0.25) is 0 Å². The molecule has 0 saturated carbocycles. The maximum atomic E-state index is 12.1. The average molecular weight is 537 g/mol. The van der Waals surface area contributed by atoms with E-state index in [-0.39, 0.29) is 24.7 Å². The lowest BCUT2D eigenvalue weighted by atomic mass is 9.97. The number of benzene rings is 4. The molecule has 4 aromatic rings. The van der Waals surface area contributed by atoms with Gasteiger partial charge in [0, 0.05) is 12.8 Å². The first-order valence-electron chi connectivity index (χ1n) is 13.6. The highest BCUT2D eigenvalue weighted by molar-refractivity contribution is 7.02. The minimum absolute atomic E-state index is 0.0750. The number of carboxylic acids is 2. The summed E-state index contributed by atoms with van der Waals surface area (Å²) in [6.07, 6.45) is 1.49. The third-order valence-corrected chi connectivity index (χ3v) is 13.0. The van der Waals surface area contributed by atoms with Crippen LogP contribution in [0.3, 0.4) is 0 Å². The topological polar surface area (TPSA) is 74.6 Å². The summed E-state index contributed by atoms with van der Waals surface area (Å²) < 4.78 is 0. The first-order valence-corrected chi connectivity index (χ1v) is 16.0. The lowest BCUT2D eigenvalue weighted by Crippen LogP contribution is -2.60. The number of carboxylic acid groups (broad SMARTS) is 2. The molecule has 0 saturated heterocycles. The Labute approximate surface area is 232 Å². The third-order valence-electron chi connectivity index (χ3n) is 7.59. The van der Waals surface area contributed by atoms with Crippen LogP contribution < -0.4 is 10.4 Å². The van der Waals surface area contributed by atoms with Crippen LogP contribution in [0.15, 0.2) is 121 Å². The van der Waals surface area contributed by atoms with Crippen molar-refractivity contribution in [1.82, 2.24) is 0 Å². The fourth-order valence-electron chi connectivity index (χ4n) is 6.04. The maximum absolute atomic E-state index is 12.1. The van der Waals surface area contributed by atoms with E-state index in [1.807, 2.05) is 72.8 Å². The number of carbonyl (C=O) groups is 2. The van der Waals surface area contributed by atoms with E-state index in [9.17, 15) is 19.8 Å². The van der Waals surface area contributed by atoms with Crippen molar-refractivity contribution in [1.29, 1.82) is 0 Å². The van der Waals surface area contributed by atoms with Crippen LogP contribution in [-0.2, 0) is 22.4 Å². The zero-order valence-electron chi connectivity index (χ0n) is 22.2. The quantitative estimate of drug-likeness (QED) is 0.196. The van der Waals surface area contributed by atoms with Crippen molar-refractivity contribution in [2.45, 2.75) is 37.8 Å². The van der Waals surface area contributed by atoms with Gasteiger partial charge in [0.1, 0.15) is 8.07 Å². The molecular formula is C34H36O4Si. The number of hydrogen-bond donors (Lipinski definition) is 2. The molecule has 0 heterocycles. The van der Waals surface area contributed by atoms with E-state index in [1.54, 1.807) is 0 Å². The maximum Gasteiger partial charge on any atom is 0.303 e. The van der Waals surface area contributed by atoms with Crippen LogP contribution in [0.4, 0.5) is 0 Å². The number of aliphatic carboxylic acids is 2. The summed E-state index contributed by atoms with van der Waals surface area (Å²) in [7, 11) is -2.64. The molecule has 4 rings (SSSR count). The van der Waals surface area contributed by atoms with Crippen LogP contribution in [-0.4, -0.2) is 30.2 Å². The molecule has 0 aromatic heterocycles. The van der Waals surface area contributed by atoms with Crippen LogP contribution in [0.2, 0.25) is 12.1 Å². The number of rotatable bonds is 14. The molecule has 0 spiro atoms. The summed E-state index contributed by atoms with van der Waals surface area (Å²) in [6, 6.07) is 42.5. The van der Waals surface area contributed by atoms with Crippen molar-refractivity contribution in [3.63, 3.8) is 0 Å². The Bertz CT molecular complexity index is 1210. The lowest BCUT2D eigenvalue weighted by molar-refractivity contribution is -0.138. The van der Waals surface area contributed by atoms with Crippen LogP contribution in [0, 0.1) is 11.8 Å². The van der Waals surface area contributed by atoms with Gasteiger partial charge in [-0.3, -0.25) is 9.59 Å². The normalized spacial score (nSPS) is 12.9. The molecule has 2 N–H and O–H groups in total. The molecule has 0 amide bonds. The average Bonchev–Trinajstić information content (AvgIpc) is 2.94. The molecule has 0 fully saturated rings. The Balaban J connectivity index is 1.82. The Morgan fingerprint density at radius 2 is 0.821 bits per heavy atom. The first kappa shape index (κ1) is 28.1. The van der Waals surface area contributed by atoms with E-state index in [2.05, 4.69) is 48.5 Å². The van der Waals surface area contributed by atoms with E-state index >= 15 is 0 Å². The Morgan fingerprint density at radius 1 is 0.513 bits per heavy atom. The zero-order chi connectivity index (χ0) is 27.5. The van der Waals surface area contributed by atoms with Crippen molar-refractivity contribution in [3.05, 3.63) is 132 Å². The molecule has 0 aliphatic carbocycles. The molecule has 0 aliphatic heterocycles. The molecule has 2 atom stereocenters. The largest absolute Gasteiger partial charge is 0.481 e. The second-order valence-corrected chi connectivity index (χ2v) is 14.7. The van der Waals surface area contributed by atoms with Gasteiger partial charge in [-0.1, -0.05) is 132 Å². The molecule has 2 unspecified atom stereocenters. The van der Waals surface area contributed by atoms with E-state index in [4.69, 9.17) is 0 Å². The van der Waals surface area contributed by atoms with E-state index in [0.717, 1.165) is 23.2 Å². The molecule has 0 aliphatic rings. The van der Waals surface area contributed by atoms with Crippen LogP contribution >= 0.6 is 0 Å². The van der Waals surface area contributed by atoms with E-state index < -0.39 is 20.0 Å². The molecule has 4 nitrogen and oxygen atoms in total. The standard InChI is InChI=1S/C34H36O4Si/c35-33(36)23-29(21-27-13-5-1-6-14-27)25-39(31-17-9-3-10-18-31,32-19-11-4-12-20-32)26-30(24-34(37)38)22-28-15-7-2-8-16-28/h1-20,29-30H,21-26H2,(H,35,36)(H,37,38). The molecule has 0 bridgehead atoms. The van der Waals surface area contributed by atoms with Crippen molar-refractivity contribution >= 4 is 30.4 Å². The molecule has 5 heteroatoms. The Kier molecular flexibility index (Phi) is 9.87. The van der Waals surface area contributed by atoms with Crippen molar-refractivity contribution < 1.29 is 19.8 Å². The van der Waals surface area contributed by atoms with Gasteiger partial charge in [-0.2, -0.15) is 0 Å². The molecule has 0 radical (unpaired) electrons. The summed E-state index contributed by atoms with van der Waals surface area (Å²) in [5.74, 6) is -1.77. The fraction of sp³-hybridized carbons (Fsp3) is 0.235. The van der Waals surface area contributed by atoms with Gasteiger partial charge < -0.3 is 10.2 Å². The van der Waals surface area contributed by atoms with Crippen LogP contribution in [0.5, 0.6) is 0 Å². The van der Waals surface area contributed by atoms with Crippen molar-refractivity contribution in [3.8, 4) is 0 Å². The summed E-state index contributed by atoms with van der Waals surface area (Å²) in [6.45, 7) is 0. The summed E-state index contributed by atoms with van der Waals surface area (Å²) >= 11 is 0. The van der Waals surface area contributed by atoms with Gasteiger partial charge in [-0.05, 0) is 47.9 Å². The highest BCUT2D eigenvalue weighted by atomic mass is 28.3. The highest BCUT2D eigenvalue weighted by Gasteiger charge is 2.42. The summed E-state index contributed by atoms with van der Waals surface area (Å²) in [5.41, 5.74) is 2.25. The molecular weight excluding hydrogens is 500 g/mol. The predicted octanol–water partition coefficient (Wildman–Crippen LogP) is 5.92. The SMILES string of the molecule is O=C(O)CC(Cc1ccccc1)C[Si](CC(CC(=O)O)Cc1ccccc1)(c1ccccc1)c1ccccc1. The third kappa shape index (κ3) is 8.01. The van der Waals surface area contributed by atoms with Gasteiger partial charge in [-0.25, -0.2) is 0 Å². The summed E-state index contributed by atoms with van der Waals surface area (Å²) in [4.78, 5) is 24.2. The fourth-order valence-corrected chi connectivity index (χ4v) is 11.7. The minimum atomic E-state index is -2.64. The Hall–Kier alpha value is -3.96. The van der Waals surface area contributed by atoms with Gasteiger partial charge >= 0.3 is 11.9 Å². The Morgan fingerprint density at radius 3 is 1.13 bits per heavy atom. The van der Waals surface area contributed by atoms with Crippen LogP contribution in [0.1, 0.15) is 24.0 Å². The summed E-state index contributed by atoms with van der Waals surface area (Å²) in [5, 5.41) is 22.3. The van der Waals surface area contributed by atoms with Gasteiger partial charge in [-0.15, -0.1) is 0 Å². The predicted molar refractivity (Wildman–Crippen MR) is 159 cm³/mol. The second-order valence-electron chi connectivity index (χ2n) is 10.5. The lowest BCUT2D eigenvalue weighted by Gasteiger charge is -2.38. The van der Waals surface area contributed by atoms with Crippen molar-refractivity contribution in [2.24, 2.45) is 11.8 Å². The molecule has 200 valence electrons. The molecule has 39 heavy (non-hydrogen) atoms. The smallest absolute Gasteiger partial charge is 0.303 e. The van der Waals surface area contributed by atoms with Gasteiger partial charge in [0.15, 0.2) is 0 Å². The first-order chi connectivity index (χ1) is 18.9. The number of hydrogen-bond acceptors (Lipinski definition) is 2. The second kappa shape index (κ2) is 13.7.